The zero-order chi connectivity index (χ0) is 11.6. The maximum absolute atomic E-state index is 6.30. The third kappa shape index (κ3) is 2.13. The van der Waals surface area contributed by atoms with Gasteiger partial charge in [-0.15, -0.1) is 0 Å². The summed E-state index contributed by atoms with van der Waals surface area (Å²) in [4.78, 5) is 0. The maximum Gasteiger partial charge on any atom is 0.0832 e. The van der Waals surface area contributed by atoms with E-state index in [1.54, 1.807) is 7.11 Å². The summed E-state index contributed by atoms with van der Waals surface area (Å²) < 4.78 is 7.50. The van der Waals surface area contributed by atoms with Crippen LogP contribution in [0.25, 0.3) is 0 Å². The van der Waals surface area contributed by atoms with Gasteiger partial charge in [-0.2, -0.15) is 5.10 Å². The Morgan fingerprint density at radius 3 is 2.75 bits per heavy atom. The molecule has 16 heavy (non-hydrogen) atoms. The second-order valence-corrected chi connectivity index (χ2v) is 4.81. The summed E-state index contributed by atoms with van der Waals surface area (Å²) in [6.45, 7) is 0. The van der Waals surface area contributed by atoms with Crippen LogP contribution in [0, 0.1) is 0 Å². The van der Waals surface area contributed by atoms with E-state index in [0.717, 1.165) is 19.3 Å². The van der Waals surface area contributed by atoms with Crippen LogP contribution in [0.2, 0.25) is 0 Å². The van der Waals surface area contributed by atoms with Crippen LogP contribution in [0.1, 0.15) is 31.2 Å². The fourth-order valence-corrected chi connectivity index (χ4v) is 2.72. The van der Waals surface area contributed by atoms with E-state index in [2.05, 4.69) is 5.10 Å². The second kappa shape index (κ2) is 4.55. The first-order valence-electron chi connectivity index (χ1n) is 5.94. The van der Waals surface area contributed by atoms with E-state index in [1.807, 2.05) is 24.1 Å². The summed E-state index contributed by atoms with van der Waals surface area (Å²) >= 11 is 0. The van der Waals surface area contributed by atoms with Gasteiger partial charge in [0.05, 0.1) is 11.8 Å². The van der Waals surface area contributed by atoms with Gasteiger partial charge in [-0.1, -0.05) is 12.8 Å². The lowest BCUT2D eigenvalue weighted by atomic mass is 9.89. The highest BCUT2D eigenvalue weighted by Crippen LogP contribution is 2.35. The third-order valence-corrected chi connectivity index (χ3v) is 3.75. The quantitative estimate of drug-likeness (QED) is 0.835. The first-order valence-corrected chi connectivity index (χ1v) is 5.94. The summed E-state index contributed by atoms with van der Waals surface area (Å²) in [5, 5.41) is 4.17. The Labute approximate surface area is 96.8 Å². The summed E-state index contributed by atoms with van der Waals surface area (Å²) in [6.07, 6.45) is 9.40. The molecule has 1 saturated carbocycles. The number of nitrogens with two attached hydrogens (primary N) is 1. The van der Waals surface area contributed by atoms with E-state index in [-0.39, 0.29) is 11.6 Å². The summed E-state index contributed by atoms with van der Waals surface area (Å²) in [7, 11) is 3.71. The topological polar surface area (TPSA) is 53.1 Å². The van der Waals surface area contributed by atoms with Gasteiger partial charge in [0.15, 0.2) is 0 Å². The predicted molar refractivity (Wildman–Crippen MR) is 63.1 cm³/mol. The standard InChI is InChI=1S/C12H21N3O/c1-15-9-10(8-14-15)7-11(13)12(16-2)5-3-4-6-12/h8-9,11H,3-7,13H2,1-2H3. The monoisotopic (exact) mass is 223 g/mol. The third-order valence-electron chi connectivity index (χ3n) is 3.75. The van der Waals surface area contributed by atoms with Gasteiger partial charge in [0.25, 0.3) is 0 Å². The van der Waals surface area contributed by atoms with Gasteiger partial charge < -0.3 is 10.5 Å². The highest BCUT2D eigenvalue weighted by atomic mass is 16.5. The molecule has 1 fully saturated rings. The molecule has 4 heteroatoms. The molecule has 1 unspecified atom stereocenters. The molecule has 0 saturated heterocycles. The van der Waals surface area contributed by atoms with Gasteiger partial charge in [-0.25, -0.2) is 0 Å². The van der Waals surface area contributed by atoms with Crippen LogP contribution >= 0.6 is 0 Å². The Hall–Kier alpha value is -0.870. The number of hydrogen-bond acceptors (Lipinski definition) is 3. The van der Waals surface area contributed by atoms with Gasteiger partial charge in [-0.3, -0.25) is 4.68 Å². The molecule has 0 bridgehead atoms. The SMILES string of the molecule is COC1(C(N)Cc2cnn(C)c2)CCCC1. The van der Waals surface area contributed by atoms with Crippen molar-refractivity contribution in [2.45, 2.75) is 43.7 Å². The van der Waals surface area contributed by atoms with Crippen LogP contribution in [0.3, 0.4) is 0 Å². The average molecular weight is 223 g/mol. The van der Waals surface area contributed by atoms with E-state index >= 15 is 0 Å². The van der Waals surface area contributed by atoms with E-state index in [0.29, 0.717) is 0 Å². The zero-order valence-electron chi connectivity index (χ0n) is 10.1. The molecule has 4 nitrogen and oxygen atoms in total. The normalized spacial score (nSPS) is 21.2. The van der Waals surface area contributed by atoms with Gasteiger partial charge in [0.2, 0.25) is 0 Å². The molecule has 1 aliphatic carbocycles. The number of aryl methyl sites for hydroxylation is 1. The van der Waals surface area contributed by atoms with E-state index in [9.17, 15) is 0 Å². The number of ether oxygens (including phenoxy) is 1. The molecular weight excluding hydrogens is 202 g/mol. The van der Waals surface area contributed by atoms with E-state index < -0.39 is 0 Å². The number of hydrogen-bond donors (Lipinski definition) is 1. The van der Waals surface area contributed by atoms with Crippen molar-refractivity contribution in [1.29, 1.82) is 0 Å². The van der Waals surface area contributed by atoms with Crippen molar-refractivity contribution in [2.75, 3.05) is 7.11 Å². The molecule has 0 aliphatic heterocycles. The van der Waals surface area contributed by atoms with Crippen molar-refractivity contribution in [3.8, 4) is 0 Å². The molecule has 1 aromatic heterocycles. The minimum Gasteiger partial charge on any atom is -0.377 e. The molecule has 0 radical (unpaired) electrons. The molecule has 0 amide bonds. The first kappa shape index (κ1) is 11.6. The Bertz CT molecular complexity index is 342. The van der Waals surface area contributed by atoms with Gasteiger partial charge in [-0.05, 0) is 24.8 Å². The Morgan fingerprint density at radius 1 is 1.56 bits per heavy atom. The second-order valence-electron chi connectivity index (χ2n) is 4.81. The molecule has 2 N–H and O–H groups in total. The highest BCUT2D eigenvalue weighted by Gasteiger charge is 2.39. The molecule has 0 aromatic carbocycles. The van der Waals surface area contributed by atoms with Crippen LogP contribution in [0.15, 0.2) is 12.4 Å². The average Bonchev–Trinajstić information content (AvgIpc) is 2.88. The minimum absolute atomic E-state index is 0.0733. The number of nitrogens with zero attached hydrogens (tertiary/aromatic N) is 2. The van der Waals surface area contributed by atoms with Crippen LogP contribution in [-0.2, 0) is 18.2 Å². The molecule has 1 aliphatic rings. The smallest absolute Gasteiger partial charge is 0.0832 e. The fraction of sp³-hybridized carbons (Fsp3) is 0.750. The fourth-order valence-electron chi connectivity index (χ4n) is 2.72. The molecule has 2 rings (SSSR count). The molecular formula is C12H21N3O. The predicted octanol–water partition coefficient (Wildman–Crippen LogP) is 1.25. The van der Waals surface area contributed by atoms with Crippen LogP contribution < -0.4 is 5.73 Å². The van der Waals surface area contributed by atoms with Crippen molar-refractivity contribution in [3.63, 3.8) is 0 Å². The zero-order valence-corrected chi connectivity index (χ0v) is 10.1. The van der Waals surface area contributed by atoms with Crippen molar-refractivity contribution in [1.82, 2.24) is 9.78 Å². The van der Waals surface area contributed by atoms with Crippen molar-refractivity contribution < 1.29 is 4.74 Å². The minimum atomic E-state index is -0.101. The van der Waals surface area contributed by atoms with Crippen LogP contribution in [0.5, 0.6) is 0 Å². The van der Waals surface area contributed by atoms with Crippen molar-refractivity contribution >= 4 is 0 Å². The van der Waals surface area contributed by atoms with E-state index in [4.69, 9.17) is 10.5 Å². The first-order chi connectivity index (χ1) is 7.66. The molecule has 90 valence electrons. The number of aromatic nitrogens is 2. The Kier molecular flexibility index (Phi) is 3.30. The lowest BCUT2D eigenvalue weighted by Crippen LogP contribution is -2.48. The number of methoxy groups -OCH3 is 1. The van der Waals surface area contributed by atoms with Crippen LogP contribution in [-0.4, -0.2) is 28.5 Å². The lowest BCUT2D eigenvalue weighted by Gasteiger charge is -2.33. The van der Waals surface area contributed by atoms with E-state index in [1.165, 1.54) is 18.4 Å². The lowest BCUT2D eigenvalue weighted by molar-refractivity contribution is -0.0253. The van der Waals surface area contributed by atoms with Gasteiger partial charge in [0.1, 0.15) is 0 Å². The Balaban J connectivity index is 2.03. The highest BCUT2D eigenvalue weighted by molar-refractivity contribution is 5.09. The summed E-state index contributed by atoms with van der Waals surface area (Å²) in [6, 6.07) is 0.0733. The number of rotatable bonds is 4. The van der Waals surface area contributed by atoms with Gasteiger partial charge >= 0.3 is 0 Å². The molecule has 1 heterocycles. The summed E-state index contributed by atoms with van der Waals surface area (Å²) in [5.41, 5.74) is 7.40. The van der Waals surface area contributed by atoms with Gasteiger partial charge in [0, 0.05) is 26.4 Å². The molecule has 0 spiro atoms. The maximum atomic E-state index is 6.30. The van der Waals surface area contributed by atoms with Crippen LogP contribution in [0.4, 0.5) is 0 Å². The summed E-state index contributed by atoms with van der Waals surface area (Å²) in [5.74, 6) is 0. The molecule has 1 aromatic rings. The van der Waals surface area contributed by atoms with Crippen molar-refractivity contribution in [2.24, 2.45) is 12.8 Å². The largest absolute Gasteiger partial charge is 0.377 e. The Morgan fingerprint density at radius 2 is 2.25 bits per heavy atom. The molecule has 1 atom stereocenters. The van der Waals surface area contributed by atoms with Crippen molar-refractivity contribution in [3.05, 3.63) is 18.0 Å².